The lowest BCUT2D eigenvalue weighted by atomic mass is 10.00. The molecule has 1 aromatic rings. The summed E-state index contributed by atoms with van der Waals surface area (Å²) in [5.74, 6) is -1.47. The molecule has 1 aromatic carbocycles. The van der Waals surface area contributed by atoms with E-state index >= 15 is 0 Å². The predicted molar refractivity (Wildman–Crippen MR) is 75.4 cm³/mol. The number of hydrogen-bond acceptors (Lipinski definition) is 3. The molecule has 0 aliphatic heterocycles. The van der Waals surface area contributed by atoms with Crippen molar-refractivity contribution < 1.29 is 19.4 Å². The largest absolute Gasteiger partial charge is 0.480 e. The van der Waals surface area contributed by atoms with Gasteiger partial charge in [-0.05, 0) is 18.9 Å². The van der Waals surface area contributed by atoms with Crippen LogP contribution in [0.2, 0.25) is 0 Å². The van der Waals surface area contributed by atoms with E-state index in [1.54, 1.807) is 6.92 Å². The molecule has 0 aromatic heterocycles. The van der Waals surface area contributed by atoms with E-state index in [0.29, 0.717) is 6.42 Å². The molecule has 0 aliphatic carbocycles. The normalized spacial score (nSPS) is 15.2. The summed E-state index contributed by atoms with van der Waals surface area (Å²) >= 11 is 0. The Morgan fingerprint density at radius 3 is 2.40 bits per heavy atom. The lowest BCUT2D eigenvalue weighted by Gasteiger charge is -2.27. The number of hydrogen-bond donors (Lipinski definition) is 2. The molecular formula is C15H21NO4. The Kier molecular flexibility index (Phi) is 5.70. The average Bonchev–Trinajstić information content (AvgIpc) is 2.46. The van der Waals surface area contributed by atoms with E-state index in [0.717, 1.165) is 5.56 Å². The number of carboxylic acids is 1. The molecule has 0 heterocycles. The van der Waals surface area contributed by atoms with Crippen LogP contribution in [0.5, 0.6) is 0 Å². The number of rotatable bonds is 7. The van der Waals surface area contributed by atoms with Crippen LogP contribution in [0.1, 0.15) is 25.8 Å². The number of ether oxygens (including phenoxy) is 1. The SMILES string of the molecule is CCC(C)(OC)C(=O)NC(Cc1ccccc1)C(=O)O. The standard InChI is InChI=1S/C15H21NO4/c1-4-15(2,20-3)14(19)16-12(13(17)18)10-11-8-6-5-7-9-11/h5-9,12H,4,10H2,1-3H3,(H,16,19)(H,17,18). The van der Waals surface area contributed by atoms with Gasteiger partial charge in [0.2, 0.25) is 0 Å². The van der Waals surface area contributed by atoms with Crippen molar-refractivity contribution in [1.82, 2.24) is 5.32 Å². The highest BCUT2D eigenvalue weighted by Crippen LogP contribution is 2.15. The van der Waals surface area contributed by atoms with Crippen LogP contribution >= 0.6 is 0 Å². The lowest BCUT2D eigenvalue weighted by molar-refractivity contribution is -0.148. The van der Waals surface area contributed by atoms with E-state index in [4.69, 9.17) is 4.74 Å². The lowest BCUT2D eigenvalue weighted by Crippen LogP contribution is -2.52. The molecule has 0 aliphatic rings. The number of carboxylic acid groups (broad SMARTS) is 1. The first-order chi connectivity index (χ1) is 9.42. The van der Waals surface area contributed by atoms with Gasteiger partial charge >= 0.3 is 5.97 Å². The maximum absolute atomic E-state index is 12.1. The third kappa shape index (κ3) is 4.06. The van der Waals surface area contributed by atoms with Crippen LogP contribution in [0.3, 0.4) is 0 Å². The van der Waals surface area contributed by atoms with Crippen LogP contribution in [-0.2, 0) is 20.7 Å². The number of amides is 1. The number of methoxy groups -OCH3 is 1. The van der Waals surface area contributed by atoms with Gasteiger partial charge in [-0.2, -0.15) is 0 Å². The highest BCUT2D eigenvalue weighted by molar-refractivity contribution is 5.89. The summed E-state index contributed by atoms with van der Waals surface area (Å²) in [6.45, 7) is 3.46. The van der Waals surface area contributed by atoms with Gasteiger partial charge in [0.25, 0.3) is 5.91 Å². The minimum Gasteiger partial charge on any atom is -0.480 e. The second kappa shape index (κ2) is 7.05. The molecule has 1 amide bonds. The van der Waals surface area contributed by atoms with Crippen molar-refractivity contribution in [3.63, 3.8) is 0 Å². The van der Waals surface area contributed by atoms with Gasteiger partial charge in [0.05, 0.1) is 0 Å². The fraction of sp³-hybridized carbons (Fsp3) is 0.467. The Bertz CT molecular complexity index is 454. The Morgan fingerprint density at radius 2 is 1.95 bits per heavy atom. The van der Waals surface area contributed by atoms with E-state index in [1.165, 1.54) is 7.11 Å². The Morgan fingerprint density at radius 1 is 1.35 bits per heavy atom. The molecule has 0 spiro atoms. The molecule has 0 radical (unpaired) electrons. The molecule has 2 unspecified atom stereocenters. The number of nitrogens with one attached hydrogen (secondary N) is 1. The van der Waals surface area contributed by atoms with Crippen molar-refractivity contribution >= 4 is 11.9 Å². The molecule has 20 heavy (non-hydrogen) atoms. The number of carbonyl (C=O) groups excluding carboxylic acids is 1. The molecule has 2 N–H and O–H groups in total. The first-order valence-corrected chi connectivity index (χ1v) is 6.55. The van der Waals surface area contributed by atoms with E-state index in [-0.39, 0.29) is 6.42 Å². The van der Waals surface area contributed by atoms with E-state index in [9.17, 15) is 14.7 Å². The van der Waals surface area contributed by atoms with Gasteiger partial charge in [0, 0.05) is 13.5 Å². The van der Waals surface area contributed by atoms with Gasteiger partial charge < -0.3 is 15.2 Å². The van der Waals surface area contributed by atoms with Crippen molar-refractivity contribution in [2.75, 3.05) is 7.11 Å². The summed E-state index contributed by atoms with van der Waals surface area (Å²) in [4.78, 5) is 23.4. The number of aliphatic carboxylic acids is 1. The molecule has 110 valence electrons. The van der Waals surface area contributed by atoms with Gasteiger partial charge in [-0.15, -0.1) is 0 Å². The Balaban J connectivity index is 2.78. The summed E-state index contributed by atoms with van der Waals surface area (Å²) < 4.78 is 5.17. The van der Waals surface area contributed by atoms with Crippen molar-refractivity contribution in [3.05, 3.63) is 35.9 Å². The molecule has 1 rings (SSSR count). The van der Waals surface area contributed by atoms with Gasteiger partial charge in [-0.1, -0.05) is 37.3 Å². The second-order valence-corrected chi connectivity index (χ2v) is 4.84. The van der Waals surface area contributed by atoms with Crippen LogP contribution in [0.25, 0.3) is 0 Å². The minimum atomic E-state index is -1.06. The van der Waals surface area contributed by atoms with Crippen molar-refractivity contribution in [2.24, 2.45) is 0 Å². The molecule has 0 fully saturated rings. The summed E-state index contributed by atoms with van der Waals surface area (Å²) in [6.07, 6.45) is 0.707. The van der Waals surface area contributed by atoms with Gasteiger partial charge in [-0.25, -0.2) is 4.79 Å². The first-order valence-electron chi connectivity index (χ1n) is 6.55. The topological polar surface area (TPSA) is 75.6 Å². The molecule has 5 nitrogen and oxygen atoms in total. The highest BCUT2D eigenvalue weighted by atomic mass is 16.5. The van der Waals surface area contributed by atoms with Crippen molar-refractivity contribution in [2.45, 2.75) is 38.3 Å². The smallest absolute Gasteiger partial charge is 0.326 e. The van der Waals surface area contributed by atoms with E-state index < -0.39 is 23.5 Å². The summed E-state index contributed by atoms with van der Waals surface area (Å²) in [7, 11) is 1.44. The summed E-state index contributed by atoms with van der Waals surface area (Å²) in [5.41, 5.74) is -0.152. The highest BCUT2D eigenvalue weighted by Gasteiger charge is 2.34. The quantitative estimate of drug-likeness (QED) is 0.795. The molecule has 0 bridgehead atoms. The molecular weight excluding hydrogens is 258 g/mol. The number of benzene rings is 1. The molecule has 0 saturated heterocycles. The fourth-order valence-electron chi connectivity index (χ4n) is 1.76. The predicted octanol–water partition coefficient (Wildman–Crippen LogP) is 1.61. The zero-order valence-electron chi connectivity index (χ0n) is 12.1. The molecule has 5 heteroatoms. The van der Waals surface area contributed by atoms with Crippen LogP contribution in [0.15, 0.2) is 30.3 Å². The van der Waals surface area contributed by atoms with Crippen molar-refractivity contribution in [1.29, 1.82) is 0 Å². The maximum Gasteiger partial charge on any atom is 0.326 e. The third-order valence-electron chi connectivity index (χ3n) is 3.49. The van der Waals surface area contributed by atoms with Crippen LogP contribution in [-0.4, -0.2) is 35.7 Å². The van der Waals surface area contributed by atoms with Gasteiger partial charge in [0.15, 0.2) is 0 Å². The van der Waals surface area contributed by atoms with E-state index in [2.05, 4.69) is 5.32 Å². The van der Waals surface area contributed by atoms with Gasteiger partial charge in [0.1, 0.15) is 11.6 Å². The minimum absolute atomic E-state index is 0.241. The van der Waals surface area contributed by atoms with Crippen LogP contribution < -0.4 is 5.32 Å². The first kappa shape index (κ1) is 16.2. The van der Waals surface area contributed by atoms with E-state index in [1.807, 2.05) is 37.3 Å². The summed E-state index contributed by atoms with van der Waals surface area (Å²) in [6, 6.07) is 8.22. The molecule has 0 saturated carbocycles. The maximum atomic E-state index is 12.1. The third-order valence-corrected chi connectivity index (χ3v) is 3.49. The Labute approximate surface area is 118 Å². The summed E-state index contributed by atoms with van der Waals surface area (Å²) in [5, 5.41) is 11.8. The zero-order chi connectivity index (χ0) is 15.2. The second-order valence-electron chi connectivity index (χ2n) is 4.84. The van der Waals surface area contributed by atoms with Crippen molar-refractivity contribution in [3.8, 4) is 0 Å². The monoisotopic (exact) mass is 279 g/mol. The Hall–Kier alpha value is -1.88. The fourth-order valence-corrected chi connectivity index (χ4v) is 1.76. The van der Waals surface area contributed by atoms with Crippen LogP contribution in [0, 0.1) is 0 Å². The van der Waals surface area contributed by atoms with Crippen LogP contribution in [0.4, 0.5) is 0 Å². The zero-order valence-corrected chi connectivity index (χ0v) is 12.1. The number of carbonyl (C=O) groups is 2. The average molecular weight is 279 g/mol. The molecule has 2 atom stereocenters. The van der Waals surface area contributed by atoms with Gasteiger partial charge in [-0.3, -0.25) is 4.79 Å².